The summed E-state index contributed by atoms with van der Waals surface area (Å²) in [4.78, 5) is 0. The number of unbranched alkanes of at least 4 members (excludes halogenated alkanes) is 3. The van der Waals surface area contributed by atoms with Gasteiger partial charge in [-0.25, -0.2) is 0 Å². The van der Waals surface area contributed by atoms with E-state index in [0.717, 1.165) is 19.0 Å². The number of ether oxygens (including phenoxy) is 3. The summed E-state index contributed by atoms with van der Waals surface area (Å²) >= 11 is 0. The fourth-order valence-corrected chi connectivity index (χ4v) is 1.88. The van der Waals surface area contributed by atoms with Crippen LogP contribution in [-0.4, -0.2) is 32.0 Å². The average molecular weight is 282 g/mol. The minimum absolute atomic E-state index is 0.338. The van der Waals surface area contributed by atoms with Gasteiger partial charge in [-0.3, -0.25) is 0 Å². The Morgan fingerprint density at radius 3 is 2.55 bits per heavy atom. The van der Waals surface area contributed by atoms with Gasteiger partial charge in [-0.15, -0.1) is 0 Å². The molecule has 3 heterocycles. The molecule has 0 spiro atoms. The highest BCUT2D eigenvalue weighted by molar-refractivity contribution is 4.96. The van der Waals surface area contributed by atoms with Crippen LogP contribution in [0.1, 0.15) is 44.8 Å². The molecule has 0 N–H and O–H groups in total. The minimum atomic E-state index is 0.338. The summed E-state index contributed by atoms with van der Waals surface area (Å²) in [5.74, 6) is 0.866. The zero-order valence-electron chi connectivity index (χ0n) is 12.4. The van der Waals surface area contributed by atoms with Gasteiger partial charge in [-0.1, -0.05) is 32.6 Å². The third-order valence-electron chi connectivity index (χ3n) is 3.31. The first kappa shape index (κ1) is 15.5. The van der Waals surface area contributed by atoms with E-state index in [-0.39, 0.29) is 0 Å². The van der Waals surface area contributed by atoms with Crippen molar-refractivity contribution >= 4 is 0 Å². The molecule has 114 valence electrons. The Morgan fingerprint density at radius 2 is 1.95 bits per heavy atom. The molecule has 0 radical (unpaired) electrons. The molecule has 1 aromatic heterocycles. The molecular formula is C16H26O4. The van der Waals surface area contributed by atoms with Crippen molar-refractivity contribution in [1.29, 1.82) is 0 Å². The Labute approximate surface area is 121 Å². The monoisotopic (exact) mass is 282 g/mol. The van der Waals surface area contributed by atoms with E-state index < -0.39 is 0 Å². The molecule has 2 atom stereocenters. The highest BCUT2D eigenvalue weighted by Crippen LogP contribution is 2.17. The van der Waals surface area contributed by atoms with Gasteiger partial charge >= 0.3 is 0 Å². The second-order valence-corrected chi connectivity index (χ2v) is 5.35. The Morgan fingerprint density at radius 1 is 1.15 bits per heavy atom. The van der Waals surface area contributed by atoms with Gasteiger partial charge in [0.25, 0.3) is 0 Å². The van der Waals surface area contributed by atoms with E-state index in [9.17, 15) is 0 Å². The summed E-state index contributed by atoms with van der Waals surface area (Å²) in [6.45, 7) is 5.35. The van der Waals surface area contributed by atoms with Gasteiger partial charge in [0.1, 0.15) is 18.5 Å². The van der Waals surface area contributed by atoms with Crippen LogP contribution in [0.2, 0.25) is 0 Å². The molecule has 2 unspecified atom stereocenters. The summed E-state index contributed by atoms with van der Waals surface area (Å²) in [7, 11) is 0. The van der Waals surface area contributed by atoms with Crippen LogP contribution < -0.4 is 0 Å². The molecular weight excluding hydrogens is 256 g/mol. The number of hydrogen-bond acceptors (Lipinski definition) is 4. The molecule has 2 fully saturated rings. The van der Waals surface area contributed by atoms with Crippen molar-refractivity contribution < 1.29 is 18.6 Å². The first-order valence-electron chi connectivity index (χ1n) is 7.71. The van der Waals surface area contributed by atoms with Crippen LogP contribution in [-0.2, 0) is 20.8 Å². The van der Waals surface area contributed by atoms with Gasteiger partial charge in [0.2, 0.25) is 0 Å². The van der Waals surface area contributed by atoms with E-state index in [2.05, 4.69) is 6.92 Å². The van der Waals surface area contributed by atoms with E-state index in [1.165, 1.54) is 32.1 Å². The van der Waals surface area contributed by atoms with E-state index in [0.29, 0.717) is 25.4 Å². The van der Waals surface area contributed by atoms with Gasteiger partial charge < -0.3 is 18.6 Å². The van der Waals surface area contributed by atoms with Crippen LogP contribution in [0.4, 0.5) is 0 Å². The lowest BCUT2D eigenvalue weighted by Crippen LogP contribution is -2.00. The molecule has 0 saturated carbocycles. The zero-order chi connectivity index (χ0) is 14.0. The molecule has 2 aliphatic rings. The Bertz CT molecular complexity index is 328. The zero-order valence-corrected chi connectivity index (χ0v) is 12.4. The van der Waals surface area contributed by atoms with E-state index in [4.69, 9.17) is 18.6 Å². The highest BCUT2D eigenvalue weighted by atomic mass is 16.6. The predicted molar refractivity (Wildman–Crippen MR) is 76.6 cm³/mol. The number of furan rings is 1. The summed E-state index contributed by atoms with van der Waals surface area (Å²) in [5.41, 5.74) is 0. The molecule has 20 heavy (non-hydrogen) atoms. The summed E-state index contributed by atoms with van der Waals surface area (Å²) < 4.78 is 20.4. The molecule has 2 aliphatic heterocycles. The third kappa shape index (κ3) is 7.68. The molecule has 4 heteroatoms. The first-order chi connectivity index (χ1) is 9.88. The standard InChI is InChI=1S/C8H10O3.C8H16O/c1-2-7(10-3-1)4-9-5-8-6-11-8;1-2-3-4-5-6-8-7-9-8/h1-3,8H,4-6H2;8H,2-7H2,1H3. The summed E-state index contributed by atoms with van der Waals surface area (Å²) in [5, 5.41) is 0. The molecule has 0 bridgehead atoms. The lowest BCUT2D eigenvalue weighted by Gasteiger charge is -1.96. The molecule has 0 amide bonds. The second kappa shape index (κ2) is 9.16. The van der Waals surface area contributed by atoms with E-state index >= 15 is 0 Å². The first-order valence-corrected chi connectivity index (χ1v) is 7.71. The van der Waals surface area contributed by atoms with Crippen molar-refractivity contribution in [2.75, 3.05) is 19.8 Å². The SMILES string of the molecule is CCCCCCC1CO1.c1coc(COCC2CO2)c1. The van der Waals surface area contributed by atoms with Crippen LogP contribution in [0.3, 0.4) is 0 Å². The lowest BCUT2D eigenvalue weighted by molar-refractivity contribution is 0.0914. The smallest absolute Gasteiger partial charge is 0.129 e. The molecule has 2 saturated heterocycles. The maximum absolute atomic E-state index is 5.28. The quantitative estimate of drug-likeness (QED) is 0.513. The Kier molecular flexibility index (Phi) is 7.12. The van der Waals surface area contributed by atoms with Crippen molar-refractivity contribution in [2.45, 2.75) is 57.8 Å². The molecule has 1 aromatic rings. The van der Waals surface area contributed by atoms with Gasteiger partial charge in [0, 0.05) is 0 Å². The van der Waals surface area contributed by atoms with Gasteiger partial charge in [0.05, 0.1) is 32.2 Å². The fourth-order valence-electron chi connectivity index (χ4n) is 1.88. The highest BCUT2D eigenvalue weighted by Gasteiger charge is 2.22. The third-order valence-corrected chi connectivity index (χ3v) is 3.31. The van der Waals surface area contributed by atoms with E-state index in [1.54, 1.807) is 6.26 Å². The maximum atomic E-state index is 5.28. The fraction of sp³-hybridized carbons (Fsp3) is 0.750. The summed E-state index contributed by atoms with van der Waals surface area (Å²) in [6, 6.07) is 3.75. The maximum Gasteiger partial charge on any atom is 0.129 e. The Hall–Kier alpha value is -0.840. The summed E-state index contributed by atoms with van der Waals surface area (Å²) in [6.07, 6.45) is 9.45. The minimum Gasteiger partial charge on any atom is -0.467 e. The van der Waals surface area contributed by atoms with Gasteiger partial charge in [0.15, 0.2) is 0 Å². The Balaban J connectivity index is 0.000000151. The molecule has 4 nitrogen and oxygen atoms in total. The van der Waals surface area contributed by atoms with Crippen LogP contribution in [0.25, 0.3) is 0 Å². The number of hydrogen-bond donors (Lipinski definition) is 0. The topological polar surface area (TPSA) is 47.4 Å². The normalized spacial score (nSPS) is 23.1. The average Bonchev–Trinajstić information content (AvgIpc) is 3.38. The predicted octanol–water partition coefficient (Wildman–Crippen LogP) is 3.55. The van der Waals surface area contributed by atoms with Gasteiger partial charge in [-0.05, 0) is 18.6 Å². The second-order valence-electron chi connectivity index (χ2n) is 5.35. The van der Waals surface area contributed by atoms with Crippen LogP contribution in [0, 0.1) is 0 Å². The van der Waals surface area contributed by atoms with Crippen molar-refractivity contribution in [1.82, 2.24) is 0 Å². The van der Waals surface area contributed by atoms with Crippen LogP contribution in [0.5, 0.6) is 0 Å². The van der Waals surface area contributed by atoms with Gasteiger partial charge in [-0.2, -0.15) is 0 Å². The van der Waals surface area contributed by atoms with Crippen molar-refractivity contribution in [2.24, 2.45) is 0 Å². The van der Waals surface area contributed by atoms with Crippen LogP contribution >= 0.6 is 0 Å². The molecule has 0 aliphatic carbocycles. The van der Waals surface area contributed by atoms with Crippen LogP contribution in [0.15, 0.2) is 22.8 Å². The molecule has 0 aromatic carbocycles. The number of epoxide rings is 2. The lowest BCUT2D eigenvalue weighted by atomic mass is 10.1. The van der Waals surface area contributed by atoms with Crippen molar-refractivity contribution in [3.63, 3.8) is 0 Å². The van der Waals surface area contributed by atoms with Crippen molar-refractivity contribution in [3.8, 4) is 0 Å². The van der Waals surface area contributed by atoms with Crippen molar-refractivity contribution in [3.05, 3.63) is 24.2 Å². The largest absolute Gasteiger partial charge is 0.467 e. The molecule has 3 rings (SSSR count). The number of rotatable bonds is 9. The van der Waals surface area contributed by atoms with E-state index in [1.807, 2.05) is 12.1 Å².